The van der Waals surface area contributed by atoms with Gasteiger partial charge < -0.3 is 4.42 Å². The van der Waals surface area contributed by atoms with Gasteiger partial charge in [-0.3, -0.25) is 4.79 Å². The molecular weight excluding hydrogens is 551 g/mol. The van der Waals surface area contributed by atoms with Crippen LogP contribution in [0.15, 0.2) is 52.9 Å². The average Bonchev–Trinajstić information content (AvgIpc) is 3.18. The summed E-state index contributed by atoms with van der Waals surface area (Å²) < 4.78 is 79.7. The molecule has 1 aromatic heterocycles. The number of hydrogen-bond donors (Lipinski definition) is 0. The number of nitrogens with zero attached hydrogens (tertiary/aromatic N) is 1. The third-order valence-electron chi connectivity index (χ3n) is 4.21. The standard InChI is InChI=1S/C14H13F3INO.C8H5F3O/c1-8(2)12-11(7-18)19-13(20-12)9-3-5-10(6-4-9)14(15,16)17;9-8(10,11)7-3-1-6(5-12)2-4-7/h3-6,8H,7H2,1-2H3;1-5H. The lowest BCUT2D eigenvalue weighted by atomic mass is 10.1. The predicted octanol–water partition coefficient (Wildman–Crippen LogP) is 7.94. The Kier molecular flexibility index (Phi) is 8.49. The van der Waals surface area contributed by atoms with Gasteiger partial charge in [-0.15, -0.1) is 0 Å². The van der Waals surface area contributed by atoms with Crippen LogP contribution in [-0.4, -0.2) is 11.3 Å². The number of rotatable bonds is 4. The molecule has 172 valence electrons. The van der Waals surface area contributed by atoms with Crippen LogP contribution in [0.4, 0.5) is 26.3 Å². The van der Waals surface area contributed by atoms with Crippen LogP contribution in [0.3, 0.4) is 0 Å². The van der Waals surface area contributed by atoms with Crippen LogP contribution in [0.25, 0.3) is 11.5 Å². The van der Waals surface area contributed by atoms with Crippen LogP contribution in [0.5, 0.6) is 0 Å². The molecule has 0 N–H and O–H groups in total. The van der Waals surface area contributed by atoms with Crippen LogP contribution in [-0.2, 0) is 16.8 Å². The fourth-order valence-corrected chi connectivity index (χ4v) is 3.13. The summed E-state index contributed by atoms with van der Waals surface area (Å²) in [4.78, 5) is 14.4. The number of aromatic nitrogens is 1. The molecule has 32 heavy (non-hydrogen) atoms. The van der Waals surface area contributed by atoms with Crippen molar-refractivity contribution in [3.63, 3.8) is 0 Å². The third-order valence-corrected chi connectivity index (χ3v) is 4.93. The van der Waals surface area contributed by atoms with E-state index in [-0.39, 0.29) is 11.5 Å². The van der Waals surface area contributed by atoms with E-state index in [9.17, 15) is 31.1 Å². The summed E-state index contributed by atoms with van der Waals surface area (Å²) in [5.74, 6) is 1.35. The minimum atomic E-state index is -4.33. The normalized spacial score (nSPS) is 11.8. The van der Waals surface area contributed by atoms with Crippen molar-refractivity contribution in [2.75, 3.05) is 0 Å². The molecule has 0 spiro atoms. The Morgan fingerprint density at radius 1 is 0.906 bits per heavy atom. The van der Waals surface area contributed by atoms with Gasteiger partial charge in [0.05, 0.1) is 16.8 Å². The second-order valence-corrected chi connectivity index (χ2v) is 7.69. The van der Waals surface area contributed by atoms with Gasteiger partial charge in [0.2, 0.25) is 5.89 Å². The van der Waals surface area contributed by atoms with Crippen molar-refractivity contribution in [3.8, 4) is 11.5 Å². The molecule has 3 nitrogen and oxygen atoms in total. The first kappa shape index (κ1) is 25.9. The molecule has 0 aliphatic carbocycles. The fourth-order valence-electron chi connectivity index (χ4n) is 2.59. The van der Waals surface area contributed by atoms with Crippen LogP contribution in [0.2, 0.25) is 0 Å². The van der Waals surface area contributed by atoms with E-state index >= 15 is 0 Å². The lowest BCUT2D eigenvalue weighted by Gasteiger charge is -2.06. The summed E-state index contributed by atoms with van der Waals surface area (Å²) in [5.41, 5.74) is 0.216. The Labute approximate surface area is 194 Å². The van der Waals surface area contributed by atoms with E-state index in [0.717, 1.165) is 47.9 Å². The minimum Gasteiger partial charge on any atom is -0.441 e. The van der Waals surface area contributed by atoms with E-state index in [0.29, 0.717) is 22.2 Å². The zero-order valence-corrected chi connectivity index (χ0v) is 19.0. The van der Waals surface area contributed by atoms with Gasteiger partial charge in [0.1, 0.15) is 12.0 Å². The highest BCUT2D eigenvalue weighted by Crippen LogP contribution is 2.32. The largest absolute Gasteiger partial charge is 0.441 e. The van der Waals surface area contributed by atoms with Crippen molar-refractivity contribution in [1.82, 2.24) is 4.98 Å². The Balaban J connectivity index is 0.000000258. The van der Waals surface area contributed by atoms with Crippen molar-refractivity contribution in [2.45, 2.75) is 36.5 Å². The van der Waals surface area contributed by atoms with E-state index in [2.05, 4.69) is 27.6 Å². The molecule has 0 aliphatic heterocycles. The monoisotopic (exact) mass is 569 g/mol. The molecule has 3 rings (SSSR count). The van der Waals surface area contributed by atoms with Crippen molar-refractivity contribution in [1.29, 1.82) is 0 Å². The quantitative estimate of drug-likeness (QED) is 0.139. The molecule has 0 saturated carbocycles. The SMILES string of the molecule is CC(C)c1oc(-c2ccc(C(F)(F)F)cc2)nc1CI.O=Cc1ccc(C(F)(F)F)cc1. The Hall–Kier alpha value is -2.37. The first-order valence-corrected chi connectivity index (χ1v) is 10.7. The van der Waals surface area contributed by atoms with Gasteiger partial charge in [-0.25, -0.2) is 4.98 Å². The summed E-state index contributed by atoms with van der Waals surface area (Å²) >= 11 is 2.19. The molecule has 10 heteroatoms. The first-order valence-electron chi connectivity index (χ1n) is 9.22. The Morgan fingerprint density at radius 2 is 1.38 bits per heavy atom. The first-order chi connectivity index (χ1) is 14.9. The smallest absolute Gasteiger partial charge is 0.416 e. The highest BCUT2D eigenvalue weighted by molar-refractivity contribution is 14.1. The summed E-state index contributed by atoms with van der Waals surface area (Å²) in [5, 5.41) is 0. The lowest BCUT2D eigenvalue weighted by molar-refractivity contribution is -0.138. The fraction of sp³-hybridized carbons (Fsp3) is 0.273. The summed E-state index contributed by atoms with van der Waals surface area (Å²) in [6.07, 6.45) is -8.16. The van der Waals surface area contributed by atoms with Gasteiger partial charge in [-0.2, -0.15) is 26.3 Å². The molecule has 2 aromatic carbocycles. The predicted molar refractivity (Wildman–Crippen MR) is 116 cm³/mol. The van der Waals surface area contributed by atoms with Gasteiger partial charge in [-0.05, 0) is 36.4 Å². The topological polar surface area (TPSA) is 43.1 Å². The summed E-state index contributed by atoms with van der Waals surface area (Å²) in [7, 11) is 0. The zero-order chi connectivity index (χ0) is 24.1. The van der Waals surface area contributed by atoms with Crippen LogP contribution < -0.4 is 0 Å². The molecule has 0 fully saturated rings. The molecule has 0 atom stereocenters. The number of halogens is 7. The molecule has 1 heterocycles. The van der Waals surface area contributed by atoms with Crippen molar-refractivity contribution in [2.24, 2.45) is 0 Å². The molecule has 3 aromatic rings. The average molecular weight is 569 g/mol. The van der Waals surface area contributed by atoms with Gasteiger partial charge in [-0.1, -0.05) is 48.6 Å². The van der Waals surface area contributed by atoms with Gasteiger partial charge in [0, 0.05) is 21.5 Å². The second kappa shape index (κ2) is 10.5. The maximum absolute atomic E-state index is 12.5. The Bertz CT molecular complexity index is 1020. The van der Waals surface area contributed by atoms with Gasteiger partial charge in [0.15, 0.2) is 0 Å². The lowest BCUT2D eigenvalue weighted by Crippen LogP contribution is -2.04. The highest BCUT2D eigenvalue weighted by atomic mass is 127. The molecule has 0 aliphatic rings. The number of alkyl halides is 7. The molecule has 0 amide bonds. The number of carbonyl (C=O) groups excluding carboxylic acids is 1. The van der Waals surface area contributed by atoms with Crippen LogP contribution >= 0.6 is 22.6 Å². The number of carbonyl (C=O) groups is 1. The van der Waals surface area contributed by atoms with Crippen molar-refractivity contribution < 1.29 is 35.6 Å². The maximum Gasteiger partial charge on any atom is 0.416 e. The number of hydrogen-bond acceptors (Lipinski definition) is 3. The van der Waals surface area contributed by atoms with Crippen molar-refractivity contribution in [3.05, 3.63) is 76.7 Å². The third kappa shape index (κ3) is 6.81. The van der Waals surface area contributed by atoms with Crippen LogP contribution in [0, 0.1) is 0 Å². The molecular formula is C22H18F6INO2. The second-order valence-electron chi connectivity index (χ2n) is 6.93. The zero-order valence-electron chi connectivity index (χ0n) is 16.9. The van der Waals surface area contributed by atoms with Gasteiger partial charge in [0.25, 0.3) is 0 Å². The minimum absolute atomic E-state index is 0.190. The molecule has 0 unspecified atom stereocenters. The highest BCUT2D eigenvalue weighted by Gasteiger charge is 2.30. The van der Waals surface area contributed by atoms with Crippen molar-refractivity contribution >= 4 is 28.9 Å². The summed E-state index contributed by atoms with van der Waals surface area (Å²) in [6, 6.07) is 8.88. The van der Waals surface area contributed by atoms with Crippen LogP contribution in [0.1, 0.15) is 52.7 Å². The molecule has 0 saturated heterocycles. The van der Waals surface area contributed by atoms with E-state index in [1.807, 2.05) is 13.8 Å². The van der Waals surface area contributed by atoms with Gasteiger partial charge >= 0.3 is 12.4 Å². The van der Waals surface area contributed by atoms with E-state index in [4.69, 9.17) is 4.42 Å². The Morgan fingerprint density at radius 3 is 1.72 bits per heavy atom. The maximum atomic E-state index is 12.5. The van der Waals surface area contributed by atoms with E-state index in [1.54, 1.807) is 0 Å². The summed E-state index contributed by atoms with van der Waals surface area (Å²) in [6.45, 7) is 3.99. The van der Waals surface area contributed by atoms with E-state index < -0.39 is 23.5 Å². The number of aldehydes is 1. The number of benzene rings is 2. The number of oxazole rings is 1. The molecule has 0 radical (unpaired) electrons. The van der Waals surface area contributed by atoms with E-state index in [1.165, 1.54) is 12.1 Å². The molecule has 0 bridgehead atoms.